The minimum atomic E-state index is -0.116. The highest BCUT2D eigenvalue weighted by Gasteiger charge is 2.08. The molecule has 0 radical (unpaired) electrons. The lowest BCUT2D eigenvalue weighted by molar-refractivity contribution is 0.0951. The molecule has 0 atom stereocenters. The van der Waals surface area contributed by atoms with Crippen LogP contribution in [0.4, 0.5) is 0 Å². The van der Waals surface area contributed by atoms with E-state index in [4.69, 9.17) is 4.42 Å². The Labute approximate surface area is 146 Å². The summed E-state index contributed by atoms with van der Waals surface area (Å²) in [6, 6.07) is 15.3. The minimum absolute atomic E-state index is 0.116. The van der Waals surface area contributed by atoms with Gasteiger partial charge in [0.15, 0.2) is 0 Å². The molecule has 0 unspecified atom stereocenters. The number of nitrogens with zero attached hydrogens (tertiary/aromatic N) is 3. The van der Waals surface area contributed by atoms with Gasteiger partial charge in [0.2, 0.25) is 12.3 Å². The first kappa shape index (κ1) is 16.9. The lowest BCUT2D eigenvalue weighted by atomic mass is 10.1. The van der Waals surface area contributed by atoms with Gasteiger partial charge < -0.3 is 14.6 Å². The summed E-state index contributed by atoms with van der Waals surface area (Å²) in [5, 5.41) is 10.4. The normalized spacial score (nSPS) is 10.8. The summed E-state index contributed by atoms with van der Waals surface area (Å²) in [7, 11) is 4.08. The average Bonchev–Trinajstić information content (AvgIpc) is 3.15. The van der Waals surface area contributed by atoms with Crippen LogP contribution in [-0.2, 0) is 13.1 Å². The van der Waals surface area contributed by atoms with Crippen LogP contribution in [-0.4, -0.2) is 35.1 Å². The third-order valence-electron chi connectivity index (χ3n) is 3.73. The Hall–Kier alpha value is -2.99. The van der Waals surface area contributed by atoms with Crippen molar-refractivity contribution in [3.05, 3.63) is 71.6 Å². The zero-order valence-corrected chi connectivity index (χ0v) is 14.3. The molecule has 1 N–H and O–H groups in total. The van der Waals surface area contributed by atoms with E-state index in [1.165, 1.54) is 12.0 Å². The second-order valence-corrected chi connectivity index (χ2v) is 6.06. The standard InChI is InChI=1S/C19H20N4O2/c1-23(2)12-15-5-3-14(4-6-15)11-20-18(24)16-7-9-17(10-8-16)19-22-21-13-25-19/h3-10,13H,11-12H2,1-2H3,(H,20,24). The fraction of sp³-hybridized carbons (Fsp3) is 0.211. The maximum absolute atomic E-state index is 12.3. The van der Waals surface area contributed by atoms with Crippen molar-refractivity contribution in [1.29, 1.82) is 0 Å². The highest BCUT2D eigenvalue weighted by molar-refractivity contribution is 5.94. The van der Waals surface area contributed by atoms with Crippen molar-refractivity contribution < 1.29 is 9.21 Å². The molecule has 25 heavy (non-hydrogen) atoms. The van der Waals surface area contributed by atoms with Crippen LogP contribution >= 0.6 is 0 Å². The maximum atomic E-state index is 12.3. The average molecular weight is 336 g/mol. The van der Waals surface area contributed by atoms with Crippen LogP contribution < -0.4 is 5.32 Å². The summed E-state index contributed by atoms with van der Waals surface area (Å²) in [6.07, 6.45) is 1.28. The monoisotopic (exact) mass is 336 g/mol. The maximum Gasteiger partial charge on any atom is 0.251 e. The smallest absolute Gasteiger partial charge is 0.251 e. The van der Waals surface area contributed by atoms with Gasteiger partial charge in [-0.1, -0.05) is 24.3 Å². The van der Waals surface area contributed by atoms with Crippen LogP contribution in [0.3, 0.4) is 0 Å². The molecular weight excluding hydrogens is 316 g/mol. The molecule has 0 aliphatic carbocycles. The second kappa shape index (κ2) is 7.72. The highest BCUT2D eigenvalue weighted by Crippen LogP contribution is 2.16. The molecule has 0 saturated heterocycles. The van der Waals surface area contributed by atoms with E-state index in [-0.39, 0.29) is 5.91 Å². The topological polar surface area (TPSA) is 71.3 Å². The Kier molecular flexibility index (Phi) is 5.20. The minimum Gasteiger partial charge on any atom is -0.423 e. The van der Waals surface area contributed by atoms with Crippen LogP contribution in [0.5, 0.6) is 0 Å². The number of nitrogens with one attached hydrogen (secondary N) is 1. The predicted molar refractivity (Wildman–Crippen MR) is 94.7 cm³/mol. The third-order valence-corrected chi connectivity index (χ3v) is 3.73. The third kappa shape index (κ3) is 4.51. The Bertz CT molecular complexity index is 810. The molecule has 0 aliphatic heterocycles. The highest BCUT2D eigenvalue weighted by atomic mass is 16.4. The van der Waals surface area contributed by atoms with Gasteiger partial charge in [0.05, 0.1) is 0 Å². The lowest BCUT2D eigenvalue weighted by Crippen LogP contribution is -2.22. The Morgan fingerprint density at radius 3 is 2.32 bits per heavy atom. The fourth-order valence-electron chi connectivity index (χ4n) is 2.48. The van der Waals surface area contributed by atoms with E-state index in [0.717, 1.165) is 17.7 Å². The number of hydrogen-bond donors (Lipinski definition) is 1. The van der Waals surface area contributed by atoms with Gasteiger partial charge >= 0.3 is 0 Å². The number of rotatable bonds is 6. The van der Waals surface area contributed by atoms with Crippen LogP contribution in [0.2, 0.25) is 0 Å². The van der Waals surface area contributed by atoms with Gasteiger partial charge in [-0.15, -0.1) is 10.2 Å². The molecule has 0 spiro atoms. The van der Waals surface area contributed by atoms with Crippen molar-refractivity contribution in [2.75, 3.05) is 14.1 Å². The van der Waals surface area contributed by atoms with Crippen LogP contribution in [0.15, 0.2) is 59.3 Å². The first-order valence-electron chi connectivity index (χ1n) is 7.99. The predicted octanol–water partition coefficient (Wildman–Crippen LogP) is 2.73. The van der Waals surface area contributed by atoms with E-state index < -0.39 is 0 Å². The summed E-state index contributed by atoms with van der Waals surface area (Å²) in [5.74, 6) is 0.319. The molecule has 1 aromatic heterocycles. The van der Waals surface area contributed by atoms with E-state index in [2.05, 4.69) is 32.5 Å². The SMILES string of the molecule is CN(C)Cc1ccc(CNC(=O)c2ccc(-c3nnco3)cc2)cc1. The number of aromatic nitrogens is 2. The van der Waals surface area contributed by atoms with Gasteiger partial charge in [-0.25, -0.2) is 0 Å². The molecule has 1 amide bonds. The van der Waals surface area contributed by atoms with E-state index in [0.29, 0.717) is 18.0 Å². The first-order valence-corrected chi connectivity index (χ1v) is 7.99. The number of carbonyl (C=O) groups excluding carboxylic acids is 1. The summed E-state index contributed by atoms with van der Waals surface area (Å²) in [4.78, 5) is 14.4. The zero-order valence-electron chi connectivity index (χ0n) is 14.3. The van der Waals surface area contributed by atoms with E-state index in [9.17, 15) is 4.79 Å². The molecule has 0 saturated carbocycles. The summed E-state index contributed by atoms with van der Waals surface area (Å²) < 4.78 is 5.13. The van der Waals surface area contributed by atoms with Gasteiger partial charge in [0.25, 0.3) is 5.91 Å². The van der Waals surface area contributed by atoms with Crippen molar-refractivity contribution in [2.24, 2.45) is 0 Å². The van der Waals surface area contributed by atoms with Crippen molar-refractivity contribution >= 4 is 5.91 Å². The fourth-order valence-corrected chi connectivity index (χ4v) is 2.48. The number of benzene rings is 2. The van der Waals surface area contributed by atoms with Crippen LogP contribution in [0.1, 0.15) is 21.5 Å². The molecule has 3 aromatic rings. The van der Waals surface area contributed by atoms with Gasteiger partial charge in [-0.05, 0) is 49.5 Å². The second-order valence-electron chi connectivity index (χ2n) is 6.06. The molecule has 0 aliphatic rings. The van der Waals surface area contributed by atoms with Crippen molar-refractivity contribution in [3.63, 3.8) is 0 Å². The van der Waals surface area contributed by atoms with Gasteiger partial charge in [0.1, 0.15) is 0 Å². The van der Waals surface area contributed by atoms with Crippen LogP contribution in [0.25, 0.3) is 11.5 Å². The van der Waals surface area contributed by atoms with Crippen LogP contribution in [0, 0.1) is 0 Å². The summed E-state index contributed by atoms with van der Waals surface area (Å²) in [6.45, 7) is 1.39. The molecule has 2 aromatic carbocycles. The number of carbonyl (C=O) groups is 1. The molecule has 6 nitrogen and oxygen atoms in total. The van der Waals surface area contributed by atoms with Gasteiger partial charge in [-0.3, -0.25) is 4.79 Å². The molecule has 0 bridgehead atoms. The Morgan fingerprint density at radius 2 is 1.72 bits per heavy atom. The quantitative estimate of drug-likeness (QED) is 0.749. The van der Waals surface area contributed by atoms with E-state index in [1.807, 2.05) is 26.2 Å². The molecule has 1 heterocycles. The Morgan fingerprint density at radius 1 is 1.04 bits per heavy atom. The first-order chi connectivity index (χ1) is 12.1. The molecule has 0 fully saturated rings. The Balaban J connectivity index is 1.57. The van der Waals surface area contributed by atoms with Crippen molar-refractivity contribution in [2.45, 2.75) is 13.1 Å². The lowest BCUT2D eigenvalue weighted by Gasteiger charge is -2.10. The van der Waals surface area contributed by atoms with Gasteiger partial charge in [0, 0.05) is 24.2 Å². The van der Waals surface area contributed by atoms with E-state index >= 15 is 0 Å². The number of hydrogen-bond acceptors (Lipinski definition) is 5. The van der Waals surface area contributed by atoms with Gasteiger partial charge in [-0.2, -0.15) is 0 Å². The van der Waals surface area contributed by atoms with Crippen molar-refractivity contribution in [3.8, 4) is 11.5 Å². The number of amides is 1. The zero-order chi connectivity index (χ0) is 17.6. The molecule has 6 heteroatoms. The summed E-state index contributed by atoms with van der Waals surface area (Å²) >= 11 is 0. The summed E-state index contributed by atoms with van der Waals surface area (Å²) in [5.41, 5.74) is 3.69. The molecule has 3 rings (SSSR count). The van der Waals surface area contributed by atoms with Crippen molar-refractivity contribution in [1.82, 2.24) is 20.4 Å². The molecule has 128 valence electrons. The van der Waals surface area contributed by atoms with E-state index in [1.54, 1.807) is 24.3 Å². The largest absolute Gasteiger partial charge is 0.423 e. The molecular formula is C19H20N4O2.